The number of thioether (sulfide) groups is 1. The number of methoxy groups -OCH3 is 1. The standard InChI is InChI=1S/C31H40N2O6S/c1-7-29(4)15-22(30(5)17(2)11-13-31(18(3)26(29)36)14-12-20(34)25(30)31)39-23(35)16-40-28-32-19-9-8-10-21(38-6)24(19)27(37)33-28/h7-10,17-18,22,25-26,36H,1,11-16H2,2-6H3,(H,32,33,37)/t17-,18+,22-,25+,26+,29-,30+,31+/m1/s1. The molecule has 8 nitrogen and oxygen atoms in total. The van der Waals surface area contributed by atoms with E-state index in [1.807, 2.05) is 6.92 Å². The Hall–Kier alpha value is -2.65. The molecule has 3 saturated carbocycles. The third kappa shape index (κ3) is 4.31. The van der Waals surface area contributed by atoms with Crippen molar-refractivity contribution >= 4 is 34.4 Å². The molecule has 2 N–H and O–H groups in total. The van der Waals surface area contributed by atoms with E-state index in [2.05, 4.69) is 37.3 Å². The zero-order valence-electron chi connectivity index (χ0n) is 24.0. The van der Waals surface area contributed by atoms with Gasteiger partial charge in [-0.1, -0.05) is 51.6 Å². The molecule has 5 rings (SSSR count). The number of carbonyl (C=O) groups is 2. The van der Waals surface area contributed by atoms with Crippen molar-refractivity contribution in [3.63, 3.8) is 0 Å². The SMILES string of the molecule is C=C[C@]1(C)C[C@@H](OC(=O)CSc2nc3cccc(OC)c3c(=O)[nH]2)[C@]2(C)[C@H](C)CC[C@]3(CCC(=O)[C@H]32)[C@@H](C)[C@@H]1O. The number of H-pyrrole nitrogens is 1. The molecule has 0 spiro atoms. The number of esters is 1. The lowest BCUT2D eigenvalue weighted by molar-refractivity contribution is -0.205. The number of aromatic amines is 1. The lowest BCUT2D eigenvalue weighted by Crippen LogP contribution is -2.63. The number of benzene rings is 1. The lowest BCUT2D eigenvalue weighted by Gasteiger charge is -2.61. The first-order chi connectivity index (χ1) is 18.9. The zero-order valence-corrected chi connectivity index (χ0v) is 24.8. The Balaban J connectivity index is 1.44. The molecule has 9 heteroatoms. The molecule has 8 atom stereocenters. The van der Waals surface area contributed by atoms with E-state index >= 15 is 0 Å². The van der Waals surface area contributed by atoms with Crippen molar-refractivity contribution in [2.24, 2.45) is 34.0 Å². The number of ether oxygens (including phenoxy) is 2. The van der Waals surface area contributed by atoms with Crippen molar-refractivity contribution in [3.05, 3.63) is 41.2 Å². The second kappa shape index (κ2) is 10.3. The lowest BCUT2D eigenvalue weighted by atomic mass is 9.44. The molecular weight excluding hydrogens is 528 g/mol. The summed E-state index contributed by atoms with van der Waals surface area (Å²) in [4.78, 5) is 46.9. The van der Waals surface area contributed by atoms with Crippen LogP contribution in [0.1, 0.15) is 59.8 Å². The van der Waals surface area contributed by atoms with Gasteiger partial charge in [0.25, 0.3) is 5.56 Å². The second-order valence-corrected chi connectivity index (χ2v) is 13.5. The quantitative estimate of drug-likeness (QED) is 0.218. The van der Waals surface area contributed by atoms with Crippen molar-refractivity contribution in [1.82, 2.24) is 9.97 Å². The third-order valence-electron chi connectivity index (χ3n) is 10.8. The van der Waals surface area contributed by atoms with Crippen molar-refractivity contribution in [2.45, 2.75) is 77.2 Å². The van der Waals surface area contributed by atoms with E-state index in [1.54, 1.807) is 24.3 Å². The summed E-state index contributed by atoms with van der Waals surface area (Å²) in [5, 5.41) is 12.3. The fraction of sp³-hybridized carbons (Fsp3) is 0.613. The third-order valence-corrected chi connectivity index (χ3v) is 11.6. The van der Waals surface area contributed by atoms with Crippen LogP contribution in [0.15, 0.2) is 40.8 Å². The highest BCUT2D eigenvalue weighted by Crippen LogP contribution is 2.68. The number of aliphatic hydroxyl groups is 1. The largest absolute Gasteiger partial charge is 0.496 e. The van der Waals surface area contributed by atoms with Crippen molar-refractivity contribution in [3.8, 4) is 5.75 Å². The molecule has 0 amide bonds. The molecule has 1 aromatic heterocycles. The van der Waals surface area contributed by atoms with Crippen LogP contribution in [-0.2, 0) is 14.3 Å². The monoisotopic (exact) mass is 568 g/mol. The maximum atomic E-state index is 13.5. The molecule has 3 fully saturated rings. The molecule has 0 radical (unpaired) electrons. The van der Waals surface area contributed by atoms with Gasteiger partial charge in [-0.15, -0.1) is 6.58 Å². The molecule has 0 unspecified atom stereocenters. The van der Waals surface area contributed by atoms with E-state index in [0.29, 0.717) is 34.7 Å². The predicted octanol–water partition coefficient (Wildman–Crippen LogP) is 4.93. The van der Waals surface area contributed by atoms with Gasteiger partial charge in [0.1, 0.15) is 23.0 Å². The van der Waals surface area contributed by atoms with Crippen LogP contribution >= 0.6 is 11.8 Å². The predicted molar refractivity (Wildman–Crippen MR) is 154 cm³/mol. The summed E-state index contributed by atoms with van der Waals surface area (Å²) in [6.07, 6.45) is 3.92. The summed E-state index contributed by atoms with van der Waals surface area (Å²) in [7, 11) is 1.50. The van der Waals surface area contributed by atoms with E-state index < -0.39 is 29.0 Å². The summed E-state index contributed by atoms with van der Waals surface area (Å²) >= 11 is 1.10. The minimum atomic E-state index is -0.712. The number of fused-ring (bicyclic) bond motifs is 1. The minimum Gasteiger partial charge on any atom is -0.496 e. The number of Topliss-reactive ketones (excluding diaryl/α,β-unsaturated/α-hetero) is 1. The van der Waals surface area contributed by atoms with Crippen LogP contribution in [0, 0.1) is 34.0 Å². The Morgan fingerprint density at radius 1 is 1.27 bits per heavy atom. The Labute approximate surface area is 239 Å². The van der Waals surface area contributed by atoms with Crippen molar-refractivity contribution in [1.29, 1.82) is 0 Å². The van der Waals surface area contributed by atoms with E-state index in [0.717, 1.165) is 31.0 Å². The first kappa shape index (κ1) is 28.9. The van der Waals surface area contributed by atoms with E-state index in [9.17, 15) is 19.5 Å². The first-order valence-electron chi connectivity index (χ1n) is 14.1. The van der Waals surface area contributed by atoms with Crippen LogP contribution in [-0.4, -0.2) is 51.9 Å². The van der Waals surface area contributed by atoms with Crippen molar-refractivity contribution < 1.29 is 24.2 Å². The van der Waals surface area contributed by atoms with Gasteiger partial charge in [-0.05, 0) is 55.1 Å². The summed E-state index contributed by atoms with van der Waals surface area (Å²) < 4.78 is 11.6. The zero-order chi connectivity index (χ0) is 29.0. The number of aliphatic hydroxyl groups excluding tert-OH is 1. The Morgan fingerprint density at radius 2 is 2.02 bits per heavy atom. The molecule has 3 aliphatic carbocycles. The molecule has 2 aromatic rings. The summed E-state index contributed by atoms with van der Waals surface area (Å²) in [5.41, 5.74) is -1.45. The van der Waals surface area contributed by atoms with Crippen LogP contribution < -0.4 is 10.3 Å². The molecule has 0 saturated heterocycles. The Kier molecular flexibility index (Phi) is 7.45. The number of aromatic nitrogens is 2. The van der Waals surface area contributed by atoms with Gasteiger partial charge in [0.05, 0.1) is 24.5 Å². The normalized spacial score (nSPS) is 37.4. The van der Waals surface area contributed by atoms with Gasteiger partial charge >= 0.3 is 5.97 Å². The summed E-state index contributed by atoms with van der Waals surface area (Å²) in [6.45, 7) is 12.4. The van der Waals surface area contributed by atoms with E-state index in [-0.39, 0.29) is 40.3 Å². The number of hydrogen-bond acceptors (Lipinski definition) is 8. The molecule has 1 aromatic carbocycles. The number of nitrogens with zero attached hydrogens (tertiary/aromatic N) is 1. The van der Waals surface area contributed by atoms with Crippen LogP contribution in [0.25, 0.3) is 10.9 Å². The average molecular weight is 569 g/mol. The fourth-order valence-electron chi connectivity index (χ4n) is 8.20. The second-order valence-electron chi connectivity index (χ2n) is 12.6. The molecule has 0 aliphatic heterocycles. The molecule has 3 aliphatic rings. The van der Waals surface area contributed by atoms with Gasteiger partial charge in [-0.2, -0.15) is 0 Å². The molecular formula is C31H40N2O6S. The van der Waals surface area contributed by atoms with Crippen LogP contribution in [0.5, 0.6) is 5.75 Å². The maximum absolute atomic E-state index is 13.5. The fourth-order valence-corrected chi connectivity index (χ4v) is 8.85. The van der Waals surface area contributed by atoms with Gasteiger partial charge < -0.3 is 19.6 Å². The van der Waals surface area contributed by atoms with Gasteiger partial charge in [0.15, 0.2) is 5.16 Å². The van der Waals surface area contributed by atoms with Gasteiger partial charge in [-0.25, -0.2) is 4.98 Å². The van der Waals surface area contributed by atoms with Gasteiger partial charge in [-0.3, -0.25) is 14.4 Å². The number of rotatable bonds is 6. The highest BCUT2D eigenvalue weighted by molar-refractivity contribution is 7.99. The van der Waals surface area contributed by atoms with E-state index in [1.165, 1.54) is 7.11 Å². The number of carbonyl (C=O) groups excluding carboxylic acids is 2. The van der Waals surface area contributed by atoms with E-state index in [4.69, 9.17) is 9.47 Å². The minimum absolute atomic E-state index is 0.0626. The number of nitrogens with one attached hydrogen (secondary N) is 1. The maximum Gasteiger partial charge on any atom is 0.316 e. The van der Waals surface area contributed by atoms with Crippen LogP contribution in [0.3, 0.4) is 0 Å². The molecule has 40 heavy (non-hydrogen) atoms. The summed E-state index contributed by atoms with van der Waals surface area (Å²) in [5.74, 6) is -0.0645. The first-order valence-corrected chi connectivity index (χ1v) is 15.1. The van der Waals surface area contributed by atoms with Crippen molar-refractivity contribution in [2.75, 3.05) is 12.9 Å². The average Bonchev–Trinajstić information content (AvgIpc) is 3.29. The highest BCUT2D eigenvalue weighted by atomic mass is 32.2. The molecule has 2 bridgehead atoms. The van der Waals surface area contributed by atoms with Gasteiger partial charge in [0, 0.05) is 23.2 Å². The number of ketones is 1. The van der Waals surface area contributed by atoms with Crippen LogP contribution in [0.2, 0.25) is 0 Å². The van der Waals surface area contributed by atoms with Gasteiger partial charge in [0.2, 0.25) is 0 Å². The smallest absolute Gasteiger partial charge is 0.316 e. The Morgan fingerprint density at radius 3 is 2.73 bits per heavy atom. The van der Waals surface area contributed by atoms with Crippen LogP contribution in [0.4, 0.5) is 0 Å². The number of hydrogen-bond donors (Lipinski definition) is 2. The molecule has 216 valence electrons. The summed E-state index contributed by atoms with van der Waals surface area (Å²) in [6, 6.07) is 5.18. The Bertz CT molecular complexity index is 1410. The topological polar surface area (TPSA) is 119 Å². The highest BCUT2D eigenvalue weighted by Gasteiger charge is 2.68. The molecule has 1 heterocycles.